The molecule has 0 aromatic heterocycles. The number of unbranched alkanes of at least 4 members (excludes halogenated alkanes) is 34. The largest absolute Gasteiger partial charge is 0.466 e. The van der Waals surface area contributed by atoms with Crippen molar-refractivity contribution >= 4 is 11.9 Å². The highest BCUT2D eigenvalue weighted by molar-refractivity contribution is 5.76. The van der Waals surface area contributed by atoms with Gasteiger partial charge in [-0.25, -0.2) is 0 Å². The lowest BCUT2D eigenvalue weighted by Crippen LogP contribution is -2.45. The summed E-state index contributed by atoms with van der Waals surface area (Å²) in [6.45, 7) is 4.87. The zero-order valence-corrected chi connectivity index (χ0v) is 38.8. The molecule has 2 atom stereocenters. The van der Waals surface area contributed by atoms with E-state index in [-0.39, 0.29) is 18.5 Å². The third kappa shape index (κ3) is 43.9. The molecule has 0 heterocycles. The standard InChI is InChI=1S/C52H99NO5/c1-3-5-7-9-11-13-15-25-28-32-36-40-44-50(55)49(48-54)53-51(56)45-41-37-33-29-26-22-20-18-16-17-19-21-23-27-31-35-39-43-47-58-52(57)46-42-38-34-30-24-14-12-10-8-6-4-2/h18,20,40,44,49-50,54-55H,3-17,19,21-39,41-43,45-48H2,1-2H3,(H,53,56)/b20-18-,44-40+. The molecule has 0 rings (SSSR count). The lowest BCUT2D eigenvalue weighted by Gasteiger charge is -2.20. The normalized spacial score (nSPS) is 12.8. The van der Waals surface area contributed by atoms with Gasteiger partial charge in [-0.05, 0) is 57.8 Å². The molecule has 0 aliphatic heterocycles. The van der Waals surface area contributed by atoms with Gasteiger partial charge in [0, 0.05) is 12.8 Å². The smallest absolute Gasteiger partial charge is 0.305 e. The Labute approximate surface area is 361 Å². The minimum absolute atomic E-state index is 0.00131. The van der Waals surface area contributed by atoms with Crippen molar-refractivity contribution in [2.24, 2.45) is 0 Å². The van der Waals surface area contributed by atoms with E-state index in [0.29, 0.717) is 19.4 Å². The molecule has 0 aliphatic carbocycles. The van der Waals surface area contributed by atoms with Crippen LogP contribution in [0.1, 0.15) is 271 Å². The molecule has 6 heteroatoms. The Morgan fingerprint density at radius 3 is 1.22 bits per heavy atom. The van der Waals surface area contributed by atoms with Crippen LogP contribution in [-0.2, 0) is 14.3 Å². The average Bonchev–Trinajstić information content (AvgIpc) is 3.22. The average molecular weight is 818 g/mol. The lowest BCUT2D eigenvalue weighted by atomic mass is 10.1. The highest BCUT2D eigenvalue weighted by Gasteiger charge is 2.18. The zero-order chi connectivity index (χ0) is 42.3. The van der Waals surface area contributed by atoms with Crippen LogP contribution in [0.5, 0.6) is 0 Å². The molecular weight excluding hydrogens is 719 g/mol. The van der Waals surface area contributed by atoms with Gasteiger partial charge in [-0.1, -0.05) is 224 Å². The number of nitrogens with one attached hydrogen (secondary N) is 1. The summed E-state index contributed by atoms with van der Waals surface area (Å²) in [6, 6.07) is -0.636. The van der Waals surface area contributed by atoms with E-state index >= 15 is 0 Å². The van der Waals surface area contributed by atoms with E-state index in [0.717, 1.165) is 57.8 Å². The van der Waals surface area contributed by atoms with E-state index < -0.39 is 12.1 Å². The molecular formula is C52H99NO5. The Balaban J connectivity index is 3.48. The molecule has 0 aliphatic rings. The molecule has 0 aromatic carbocycles. The molecule has 1 amide bonds. The molecule has 2 unspecified atom stereocenters. The predicted octanol–water partition coefficient (Wildman–Crippen LogP) is 15.1. The van der Waals surface area contributed by atoms with Gasteiger partial charge in [-0.3, -0.25) is 9.59 Å². The van der Waals surface area contributed by atoms with Gasteiger partial charge in [-0.15, -0.1) is 0 Å². The van der Waals surface area contributed by atoms with Crippen LogP contribution in [0.3, 0.4) is 0 Å². The zero-order valence-electron chi connectivity index (χ0n) is 38.8. The van der Waals surface area contributed by atoms with Crippen LogP contribution in [-0.4, -0.2) is 47.4 Å². The number of ether oxygens (including phenoxy) is 1. The third-order valence-corrected chi connectivity index (χ3v) is 11.7. The molecule has 0 saturated heterocycles. The molecule has 0 bridgehead atoms. The SMILES string of the molecule is CCCCCCCCCCCC/C=C/C(O)C(CO)NC(=O)CCCCCCC/C=C\CCCCCCCCCCCOC(=O)CCCCCCCCCCCCC. The first-order chi connectivity index (χ1) is 28.5. The number of allylic oxidation sites excluding steroid dienone is 3. The summed E-state index contributed by atoms with van der Waals surface area (Å²) < 4.78 is 5.45. The van der Waals surface area contributed by atoms with E-state index in [1.807, 2.05) is 6.08 Å². The van der Waals surface area contributed by atoms with E-state index in [9.17, 15) is 19.8 Å². The quantitative estimate of drug-likeness (QED) is 0.0323. The van der Waals surface area contributed by atoms with Crippen molar-refractivity contribution in [1.29, 1.82) is 0 Å². The van der Waals surface area contributed by atoms with Gasteiger partial charge in [0.15, 0.2) is 0 Å². The fraction of sp³-hybridized carbons (Fsp3) is 0.885. The monoisotopic (exact) mass is 818 g/mol. The number of amides is 1. The van der Waals surface area contributed by atoms with Crippen molar-refractivity contribution in [1.82, 2.24) is 5.32 Å². The summed E-state index contributed by atoms with van der Waals surface area (Å²) in [5.41, 5.74) is 0. The van der Waals surface area contributed by atoms with Crippen LogP contribution in [0.15, 0.2) is 24.3 Å². The summed E-state index contributed by atoms with van der Waals surface area (Å²) in [5.74, 6) is -0.0820. The van der Waals surface area contributed by atoms with Crippen LogP contribution >= 0.6 is 0 Å². The van der Waals surface area contributed by atoms with E-state index in [4.69, 9.17) is 4.74 Å². The second-order valence-corrected chi connectivity index (χ2v) is 17.5. The predicted molar refractivity (Wildman–Crippen MR) is 250 cm³/mol. The summed E-state index contributed by atoms with van der Waals surface area (Å²) in [7, 11) is 0. The van der Waals surface area contributed by atoms with Crippen molar-refractivity contribution in [2.75, 3.05) is 13.2 Å². The molecule has 0 saturated carbocycles. The minimum atomic E-state index is -0.851. The van der Waals surface area contributed by atoms with Crippen LogP contribution in [0.4, 0.5) is 0 Å². The number of carbonyl (C=O) groups excluding carboxylic acids is 2. The van der Waals surface area contributed by atoms with Gasteiger partial charge in [0.25, 0.3) is 0 Å². The summed E-state index contributed by atoms with van der Waals surface area (Å²) in [5, 5.41) is 23.0. The Morgan fingerprint density at radius 2 is 0.810 bits per heavy atom. The first-order valence-corrected chi connectivity index (χ1v) is 25.6. The van der Waals surface area contributed by atoms with Crippen LogP contribution in [0.25, 0.3) is 0 Å². The summed E-state index contributed by atoms with van der Waals surface area (Å²) in [6.07, 6.45) is 56.1. The van der Waals surface area contributed by atoms with E-state index in [1.165, 1.54) is 186 Å². The maximum absolute atomic E-state index is 12.4. The number of hydrogen-bond acceptors (Lipinski definition) is 5. The second kappa shape index (κ2) is 48.0. The minimum Gasteiger partial charge on any atom is -0.466 e. The fourth-order valence-electron chi connectivity index (χ4n) is 7.74. The van der Waals surface area contributed by atoms with Gasteiger partial charge >= 0.3 is 5.97 Å². The maximum Gasteiger partial charge on any atom is 0.305 e. The second-order valence-electron chi connectivity index (χ2n) is 17.5. The molecule has 0 aromatic rings. The molecule has 58 heavy (non-hydrogen) atoms. The van der Waals surface area contributed by atoms with E-state index in [2.05, 4.69) is 31.3 Å². The van der Waals surface area contributed by atoms with Crippen molar-refractivity contribution in [3.8, 4) is 0 Å². The van der Waals surface area contributed by atoms with Gasteiger partial charge in [-0.2, -0.15) is 0 Å². The van der Waals surface area contributed by atoms with Crippen LogP contribution < -0.4 is 5.32 Å². The van der Waals surface area contributed by atoms with Crippen molar-refractivity contribution in [2.45, 2.75) is 283 Å². The first-order valence-electron chi connectivity index (χ1n) is 25.6. The number of esters is 1. The number of aliphatic hydroxyl groups excluding tert-OH is 2. The Hall–Kier alpha value is -1.66. The Morgan fingerprint density at radius 1 is 0.466 bits per heavy atom. The third-order valence-electron chi connectivity index (χ3n) is 11.7. The Bertz CT molecular complexity index is 904. The van der Waals surface area contributed by atoms with Gasteiger partial charge in [0.2, 0.25) is 5.91 Å². The van der Waals surface area contributed by atoms with Crippen molar-refractivity contribution in [3.63, 3.8) is 0 Å². The van der Waals surface area contributed by atoms with E-state index in [1.54, 1.807) is 6.08 Å². The number of aliphatic hydroxyl groups is 2. The van der Waals surface area contributed by atoms with Gasteiger partial charge < -0.3 is 20.3 Å². The molecule has 342 valence electrons. The molecule has 0 spiro atoms. The highest BCUT2D eigenvalue weighted by atomic mass is 16.5. The van der Waals surface area contributed by atoms with Crippen molar-refractivity contribution < 1.29 is 24.5 Å². The number of hydrogen-bond donors (Lipinski definition) is 3. The van der Waals surface area contributed by atoms with Crippen molar-refractivity contribution in [3.05, 3.63) is 24.3 Å². The highest BCUT2D eigenvalue weighted by Crippen LogP contribution is 2.15. The maximum atomic E-state index is 12.4. The van der Waals surface area contributed by atoms with Crippen LogP contribution in [0, 0.1) is 0 Å². The first kappa shape index (κ1) is 56.3. The van der Waals surface area contributed by atoms with Gasteiger partial charge in [0.05, 0.1) is 25.4 Å². The molecule has 0 fully saturated rings. The molecule has 6 nitrogen and oxygen atoms in total. The number of rotatable bonds is 47. The molecule has 3 N–H and O–H groups in total. The van der Waals surface area contributed by atoms with Gasteiger partial charge in [0.1, 0.15) is 0 Å². The summed E-state index contributed by atoms with van der Waals surface area (Å²) in [4.78, 5) is 24.4. The lowest BCUT2D eigenvalue weighted by molar-refractivity contribution is -0.143. The fourth-order valence-corrected chi connectivity index (χ4v) is 7.74. The summed E-state index contributed by atoms with van der Waals surface area (Å²) >= 11 is 0. The molecule has 0 radical (unpaired) electrons. The topological polar surface area (TPSA) is 95.9 Å². The Kier molecular flexibility index (Phi) is 46.6. The van der Waals surface area contributed by atoms with Crippen LogP contribution in [0.2, 0.25) is 0 Å². The number of carbonyl (C=O) groups is 2.